The zero-order valence-corrected chi connectivity index (χ0v) is 15.6. The highest BCUT2D eigenvalue weighted by Gasteiger charge is 2.41. The molecule has 0 N–H and O–H groups in total. The van der Waals surface area contributed by atoms with Crippen LogP contribution in [0.25, 0.3) is 5.76 Å². The monoisotopic (exact) mass is 353 g/mol. The van der Waals surface area contributed by atoms with E-state index in [-0.39, 0.29) is 23.9 Å². The lowest BCUT2D eigenvalue weighted by molar-refractivity contribution is 0.139. The molecule has 0 spiro atoms. The summed E-state index contributed by atoms with van der Waals surface area (Å²) in [5.41, 5.74) is 2.01. The van der Waals surface area contributed by atoms with Crippen molar-refractivity contribution < 1.29 is 12.6 Å². The van der Waals surface area contributed by atoms with Gasteiger partial charge in [0.05, 0.1) is 6.04 Å². The molecule has 0 radical (unpaired) electrons. The summed E-state index contributed by atoms with van der Waals surface area (Å²) >= 11 is 1.76. The second kappa shape index (κ2) is 6.15. The maximum Gasteiger partial charge on any atom is 0.311 e. The molecule has 0 aliphatic carbocycles. The van der Waals surface area contributed by atoms with E-state index in [4.69, 9.17) is 4.18 Å². The van der Waals surface area contributed by atoms with Crippen LogP contribution >= 0.6 is 11.8 Å². The Hall–Kier alpha value is -0.980. The number of hydrogen-bond donors (Lipinski definition) is 0. The third-order valence-corrected chi connectivity index (χ3v) is 6.60. The van der Waals surface area contributed by atoms with E-state index in [9.17, 15) is 8.42 Å². The van der Waals surface area contributed by atoms with Gasteiger partial charge in [0.1, 0.15) is 5.75 Å². The Bertz CT molecular complexity index is 730. The minimum atomic E-state index is -3.57. The van der Waals surface area contributed by atoms with Crippen LogP contribution in [-0.4, -0.2) is 42.9 Å². The third-order valence-electron chi connectivity index (χ3n) is 4.33. The SMILES string of the molecule is CC(C)N(C(C)C)C1CS(=O)(=O)OC2=C1CSc1ccccc12. The first-order chi connectivity index (χ1) is 10.8. The van der Waals surface area contributed by atoms with Crippen LogP contribution in [0.15, 0.2) is 34.7 Å². The molecule has 1 unspecified atom stereocenters. The lowest BCUT2D eigenvalue weighted by atomic mass is 9.99. The molecular formula is C17H23NO3S2. The van der Waals surface area contributed by atoms with Gasteiger partial charge in [-0.25, -0.2) is 0 Å². The number of benzene rings is 1. The van der Waals surface area contributed by atoms with Crippen molar-refractivity contribution in [2.75, 3.05) is 11.5 Å². The van der Waals surface area contributed by atoms with Crippen LogP contribution in [0.3, 0.4) is 0 Å². The van der Waals surface area contributed by atoms with Crippen LogP contribution in [0, 0.1) is 0 Å². The highest BCUT2D eigenvalue weighted by molar-refractivity contribution is 7.99. The molecule has 0 saturated heterocycles. The van der Waals surface area contributed by atoms with Crippen LogP contribution in [0.4, 0.5) is 0 Å². The molecule has 6 heteroatoms. The maximum absolute atomic E-state index is 12.4. The van der Waals surface area contributed by atoms with Gasteiger partial charge in [-0.3, -0.25) is 4.90 Å². The first kappa shape index (κ1) is 16.9. The number of fused-ring (bicyclic) bond motifs is 2. The van der Waals surface area contributed by atoms with E-state index < -0.39 is 10.1 Å². The van der Waals surface area contributed by atoms with Crippen molar-refractivity contribution >= 4 is 27.6 Å². The molecule has 2 aliphatic rings. The average molecular weight is 354 g/mol. The minimum absolute atomic E-state index is 0.0327. The van der Waals surface area contributed by atoms with Gasteiger partial charge in [0.2, 0.25) is 0 Å². The predicted octanol–water partition coefficient (Wildman–Crippen LogP) is 3.35. The Morgan fingerprint density at radius 3 is 2.48 bits per heavy atom. The molecular weight excluding hydrogens is 330 g/mol. The molecule has 2 heterocycles. The molecule has 1 aromatic carbocycles. The fourth-order valence-electron chi connectivity index (χ4n) is 3.56. The first-order valence-corrected chi connectivity index (χ1v) is 10.5. The van der Waals surface area contributed by atoms with Crippen LogP contribution < -0.4 is 0 Å². The smallest absolute Gasteiger partial charge is 0.311 e. The zero-order valence-electron chi connectivity index (χ0n) is 13.9. The molecule has 1 atom stereocenters. The van der Waals surface area contributed by atoms with Crippen LogP contribution in [0.2, 0.25) is 0 Å². The molecule has 126 valence electrons. The topological polar surface area (TPSA) is 46.6 Å². The molecule has 23 heavy (non-hydrogen) atoms. The quantitative estimate of drug-likeness (QED) is 0.780. The fourth-order valence-corrected chi connectivity index (χ4v) is 5.96. The summed E-state index contributed by atoms with van der Waals surface area (Å²) in [7, 11) is -3.57. The molecule has 4 nitrogen and oxygen atoms in total. The van der Waals surface area contributed by atoms with Crippen molar-refractivity contribution in [3.8, 4) is 0 Å². The van der Waals surface area contributed by atoms with Gasteiger partial charge in [-0.15, -0.1) is 11.8 Å². The third kappa shape index (κ3) is 3.16. The van der Waals surface area contributed by atoms with Gasteiger partial charge in [-0.05, 0) is 33.8 Å². The second-order valence-corrected chi connectivity index (χ2v) is 9.23. The highest BCUT2D eigenvalue weighted by atomic mass is 32.2. The molecule has 0 saturated carbocycles. The highest BCUT2D eigenvalue weighted by Crippen LogP contribution is 2.43. The molecule has 3 rings (SSSR count). The average Bonchev–Trinajstić information content (AvgIpc) is 2.45. The molecule has 1 aromatic rings. The lowest BCUT2D eigenvalue weighted by Gasteiger charge is -2.42. The van der Waals surface area contributed by atoms with E-state index in [1.165, 1.54) is 0 Å². The standard InChI is InChI=1S/C17H23NO3S2/c1-11(2)18(12(3)4)15-10-23(19,20)21-17-13-7-5-6-8-16(13)22-9-14(15)17/h5-8,11-12,15H,9-10H2,1-4H3. The lowest BCUT2D eigenvalue weighted by Crippen LogP contribution is -2.51. The summed E-state index contributed by atoms with van der Waals surface area (Å²) in [5, 5.41) is 0. The van der Waals surface area contributed by atoms with Crippen LogP contribution in [-0.2, 0) is 14.3 Å². The van der Waals surface area contributed by atoms with Crippen LogP contribution in [0.1, 0.15) is 33.3 Å². The van der Waals surface area contributed by atoms with Gasteiger partial charge in [-0.2, -0.15) is 8.42 Å². The molecule has 0 fully saturated rings. The van der Waals surface area contributed by atoms with Gasteiger partial charge >= 0.3 is 10.1 Å². The van der Waals surface area contributed by atoms with Gasteiger partial charge < -0.3 is 4.18 Å². The van der Waals surface area contributed by atoms with Gasteiger partial charge in [0, 0.05) is 33.9 Å². The van der Waals surface area contributed by atoms with Crippen LogP contribution in [0.5, 0.6) is 0 Å². The zero-order chi connectivity index (χ0) is 16.8. The van der Waals surface area contributed by atoms with E-state index in [1.54, 1.807) is 11.8 Å². The number of hydrogen-bond acceptors (Lipinski definition) is 5. The normalized spacial score (nSPS) is 23.0. The van der Waals surface area contributed by atoms with Crippen molar-refractivity contribution in [1.29, 1.82) is 0 Å². The molecule has 0 bridgehead atoms. The van der Waals surface area contributed by atoms with E-state index >= 15 is 0 Å². The van der Waals surface area contributed by atoms with Crippen molar-refractivity contribution in [2.24, 2.45) is 0 Å². The Labute approximate surface area is 143 Å². The van der Waals surface area contributed by atoms with Gasteiger partial charge in [-0.1, -0.05) is 18.2 Å². The summed E-state index contributed by atoms with van der Waals surface area (Å²) in [4.78, 5) is 3.37. The minimum Gasteiger partial charge on any atom is -0.382 e. The van der Waals surface area contributed by atoms with Gasteiger partial charge in [0.15, 0.2) is 5.76 Å². The van der Waals surface area contributed by atoms with E-state index in [1.807, 2.05) is 24.3 Å². The predicted molar refractivity (Wildman–Crippen MR) is 94.9 cm³/mol. The van der Waals surface area contributed by atoms with Crippen molar-refractivity contribution in [3.05, 3.63) is 35.4 Å². The molecule has 2 aliphatic heterocycles. The Morgan fingerprint density at radius 1 is 1.17 bits per heavy atom. The van der Waals surface area contributed by atoms with Crippen molar-refractivity contribution in [3.63, 3.8) is 0 Å². The Morgan fingerprint density at radius 2 is 1.83 bits per heavy atom. The molecule has 0 amide bonds. The summed E-state index contributed by atoms with van der Waals surface area (Å²) in [6.07, 6.45) is 0. The first-order valence-electron chi connectivity index (χ1n) is 7.95. The summed E-state index contributed by atoms with van der Waals surface area (Å²) in [6, 6.07) is 8.28. The number of thioether (sulfide) groups is 1. The maximum atomic E-state index is 12.4. The molecule has 0 aromatic heterocycles. The Kier molecular flexibility index (Phi) is 4.51. The van der Waals surface area contributed by atoms with Crippen molar-refractivity contribution in [2.45, 2.75) is 50.7 Å². The van der Waals surface area contributed by atoms with Gasteiger partial charge in [0.25, 0.3) is 0 Å². The van der Waals surface area contributed by atoms with E-state index in [2.05, 4.69) is 32.6 Å². The van der Waals surface area contributed by atoms with E-state index in [0.717, 1.165) is 21.8 Å². The summed E-state index contributed by atoms with van der Waals surface area (Å²) in [6.45, 7) is 8.47. The largest absolute Gasteiger partial charge is 0.382 e. The number of rotatable bonds is 3. The summed E-state index contributed by atoms with van der Waals surface area (Å²) in [5.74, 6) is 1.37. The fraction of sp³-hybridized carbons (Fsp3) is 0.529. The van der Waals surface area contributed by atoms with Crippen molar-refractivity contribution in [1.82, 2.24) is 4.90 Å². The second-order valence-electron chi connectivity index (χ2n) is 6.60. The Balaban J connectivity index is 2.15. The summed E-state index contributed by atoms with van der Waals surface area (Å²) < 4.78 is 30.2. The van der Waals surface area contributed by atoms with E-state index in [0.29, 0.717) is 5.76 Å². The number of nitrogens with zero attached hydrogens (tertiary/aromatic N) is 1.